The number of halogens is 2. The Bertz CT molecular complexity index is 1490. The molecule has 2 aromatic heterocycles. The van der Waals surface area contributed by atoms with Crippen molar-refractivity contribution < 1.29 is 28.2 Å². The minimum Gasteiger partial charge on any atom is -0.446 e. The smallest absolute Gasteiger partial charge is 0.412 e. The number of carbonyl (C=O) groups excluding carboxylic acids is 2. The van der Waals surface area contributed by atoms with Crippen LogP contribution in [0, 0.1) is 0 Å². The van der Waals surface area contributed by atoms with E-state index in [0.29, 0.717) is 11.4 Å². The van der Waals surface area contributed by atoms with Gasteiger partial charge in [0, 0.05) is 11.4 Å². The molecule has 4 aromatic rings. The molecule has 1 fully saturated rings. The van der Waals surface area contributed by atoms with Crippen LogP contribution in [0.4, 0.5) is 31.3 Å². The Labute approximate surface area is 226 Å². The number of ether oxygens (including phenoxy) is 3. The van der Waals surface area contributed by atoms with Gasteiger partial charge in [-0.05, 0) is 31.2 Å². The summed E-state index contributed by atoms with van der Waals surface area (Å²) < 4.78 is 34.6. The third-order valence-corrected chi connectivity index (χ3v) is 6.25. The fourth-order valence-electron chi connectivity index (χ4n) is 4.22. The van der Waals surface area contributed by atoms with Gasteiger partial charge in [-0.2, -0.15) is 9.97 Å². The molecule has 0 aliphatic carbocycles. The van der Waals surface area contributed by atoms with E-state index in [9.17, 15) is 9.59 Å². The number of fused-ring (bicyclic) bond motifs is 1. The van der Waals surface area contributed by atoms with Crippen LogP contribution in [0.3, 0.4) is 0 Å². The fourth-order valence-corrected chi connectivity index (χ4v) is 4.44. The number of nitrogens with one attached hydrogen (secondary N) is 2. The number of carbonyl (C=O) groups is 2. The number of nitrogens with zero attached hydrogens (tertiary/aromatic N) is 4. The lowest BCUT2D eigenvalue weighted by Gasteiger charge is -2.27. The van der Waals surface area contributed by atoms with Crippen LogP contribution < -0.4 is 16.4 Å². The number of nitrogens with two attached hydrogens (primary N) is 1. The Kier molecular flexibility index (Phi) is 7.17. The van der Waals surface area contributed by atoms with Crippen molar-refractivity contribution in [2.75, 3.05) is 23.0 Å². The zero-order valence-corrected chi connectivity index (χ0v) is 21.2. The first-order chi connectivity index (χ1) is 18.7. The zero-order chi connectivity index (χ0) is 27.6. The van der Waals surface area contributed by atoms with Gasteiger partial charge in [0.05, 0.1) is 6.33 Å². The van der Waals surface area contributed by atoms with Crippen LogP contribution >= 0.6 is 11.6 Å². The summed E-state index contributed by atoms with van der Waals surface area (Å²) in [5, 5.41) is 5.08. The van der Waals surface area contributed by atoms with Gasteiger partial charge in [0.25, 0.3) is 0 Å². The standard InChI is InChI=1S/C25H23ClFN7O5/c1-25(27)18(39-24(36)31-15-10-6-3-7-11-15)16(12-37-23(35)30-14-8-4-2-5-9-14)38-21(25)34-13-29-17-19(26)32-22(28)33-20(17)34/h2-11,13,16,18,21H,12H2,1H3,(H,30,35)(H,31,36)(H2,28,32,33)/t16-,18-,21-,25-/m1/s1. The zero-order valence-electron chi connectivity index (χ0n) is 20.5. The van der Waals surface area contributed by atoms with Crippen molar-refractivity contribution in [3.63, 3.8) is 0 Å². The maximum atomic E-state index is 16.5. The molecule has 4 N–H and O–H groups in total. The lowest BCUT2D eigenvalue weighted by atomic mass is 9.98. The third kappa shape index (κ3) is 5.54. The van der Waals surface area contributed by atoms with Gasteiger partial charge in [-0.25, -0.2) is 19.0 Å². The van der Waals surface area contributed by atoms with Gasteiger partial charge < -0.3 is 19.9 Å². The van der Waals surface area contributed by atoms with E-state index in [-0.39, 0.29) is 22.3 Å². The lowest BCUT2D eigenvalue weighted by molar-refractivity contribution is -0.0575. The molecule has 1 aliphatic rings. The number of nitrogen functional groups attached to an aromatic ring is 1. The van der Waals surface area contributed by atoms with Crippen molar-refractivity contribution in [3.8, 4) is 0 Å². The molecule has 0 unspecified atom stereocenters. The van der Waals surface area contributed by atoms with Crippen LogP contribution in [0.15, 0.2) is 67.0 Å². The topological polar surface area (TPSA) is 156 Å². The molecule has 3 heterocycles. The van der Waals surface area contributed by atoms with Gasteiger partial charge in [0.2, 0.25) is 5.95 Å². The van der Waals surface area contributed by atoms with Crippen LogP contribution in [-0.4, -0.2) is 56.2 Å². The molecule has 2 aromatic carbocycles. The quantitative estimate of drug-likeness (QED) is 0.290. The van der Waals surface area contributed by atoms with Crippen LogP contribution in [0.25, 0.3) is 11.2 Å². The highest BCUT2D eigenvalue weighted by molar-refractivity contribution is 6.33. The minimum atomic E-state index is -2.35. The van der Waals surface area contributed by atoms with Crippen molar-refractivity contribution in [2.24, 2.45) is 0 Å². The van der Waals surface area contributed by atoms with E-state index in [2.05, 4.69) is 25.6 Å². The number of alkyl halides is 1. The minimum absolute atomic E-state index is 0.0256. The number of para-hydroxylation sites is 2. The summed E-state index contributed by atoms with van der Waals surface area (Å²) in [5.41, 5.74) is 4.60. The summed E-state index contributed by atoms with van der Waals surface area (Å²) in [6.45, 7) is 0.753. The second-order valence-corrected chi connectivity index (χ2v) is 9.14. The van der Waals surface area contributed by atoms with Gasteiger partial charge in [0.1, 0.15) is 18.2 Å². The van der Waals surface area contributed by atoms with Crippen molar-refractivity contribution in [1.29, 1.82) is 0 Å². The highest BCUT2D eigenvalue weighted by atomic mass is 35.5. The monoisotopic (exact) mass is 555 g/mol. The van der Waals surface area contributed by atoms with Gasteiger partial charge >= 0.3 is 12.2 Å². The van der Waals surface area contributed by atoms with Crippen LogP contribution in [0.5, 0.6) is 0 Å². The number of hydrogen-bond acceptors (Lipinski definition) is 9. The molecule has 39 heavy (non-hydrogen) atoms. The largest absolute Gasteiger partial charge is 0.446 e. The van der Waals surface area contributed by atoms with Crippen molar-refractivity contribution in [1.82, 2.24) is 19.5 Å². The van der Waals surface area contributed by atoms with E-state index in [0.717, 1.165) is 0 Å². The number of benzene rings is 2. The summed E-state index contributed by atoms with van der Waals surface area (Å²) in [6, 6.07) is 17.1. The molecule has 0 bridgehead atoms. The molecule has 0 spiro atoms. The Morgan fingerprint density at radius 1 is 1.08 bits per heavy atom. The summed E-state index contributed by atoms with van der Waals surface area (Å²) in [4.78, 5) is 37.2. The normalized spacial score (nSPS) is 22.4. The number of rotatable bonds is 6. The first kappa shape index (κ1) is 26.1. The van der Waals surface area contributed by atoms with E-state index >= 15 is 4.39 Å². The number of hydrogen-bond donors (Lipinski definition) is 3. The first-order valence-electron chi connectivity index (χ1n) is 11.7. The lowest BCUT2D eigenvalue weighted by Crippen LogP contribution is -2.45. The molecule has 2 amide bonds. The van der Waals surface area contributed by atoms with Crippen molar-refractivity contribution >= 4 is 52.3 Å². The Morgan fingerprint density at radius 3 is 2.33 bits per heavy atom. The second-order valence-electron chi connectivity index (χ2n) is 8.78. The van der Waals surface area contributed by atoms with Crippen molar-refractivity contribution in [3.05, 3.63) is 72.1 Å². The average Bonchev–Trinajstić information content (AvgIpc) is 3.42. The van der Waals surface area contributed by atoms with Crippen LogP contribution in [-0.2, 0) is 14.2 Å². The molecule has 4 atom stereocenters. The Hall–Kier alpha value is -4.49. The molecule has 1 saturated heterocycles. The van der Waals surface area contributed by atoms with Gasteiger partial charge in [-0.15, -0.1) is 0 Å². The predicted octanol–water partition coefficient (Wildman–Crippen LogP) is 4.55. The van der Waals surface area contributed by atoms with E-state index < -0.39 is 42.9 Å². The third-order valence-electron chi connectivity index (χ3n) is 5.98. The maximum absolute atomic E-state index is 16.5. The number of anilines is 3. The number of aromatic nitrogens is 4. The molecule has 1 aliphatic heterocycles. The first-order valence-corrected chi connectivity index (χ1v) is 12.1. The highest BCUT2D eigenvalue weighted by Gasteiger charge is 2.58. The molecule has 202 valence electrons. The number of amides is 2. The van der Waals surface area contributed by atoms with Crippen LogP contribution in [0.1, 0.15) is 13.2 Å². The molecule has 0 radical (unpaired) electrons. The summed E-state index contributed by atoms with van der Waals surface area (Å²) in [6.07, 6.45) is -4.60. The Balaban J connectivity index is 1.40. The van der Waals surface area contributed by atoms with Crippen molar-refractivity contribution in [2.45, 2.75) is 31.0 Å². The molecular weight excluding hydrogens is 533 g/mol. The SMILES string of the molecule is C[C@@]1(F)[C@H](OC(=O)Nc2ccccc2)[C@@H](COC(=O)Nc2ccccc2)O[C@H]1n1cnc2c(Cl)nc(N)nc21. The van der Waals surface area contributed by atoms with Gasteiger partial charge in [-0.3, -0.25) is 15.2 Å². The summed E-state index contributed by atoms with van der Waals surface area (Å²) in [5.74, 6) is -0.152. The van der Waals surface area contributed by atoms with E-state index in [1.165, 1.54) is 17.8 Å². The molecular formula is C25H23ClFN7O5. The second kappa shape index (κ2) is 10.7. The summed E-state index contributed by atoms with van der Waals surface area (Å²) in [7, 11) is 0. The molecule has 14 heteroatoms. The van der Waals surface area contributed by atoms with Gasteiger partial charge in [0.15, 0.2) is 28.8 Å². The Morgan fingerprint density at radius 2 is 1.69 bits per heavy atom. The number of imidazole rings is 1. The van der Waals surface area contributed by atoms with Gasteiger partial charge in [-0.1, -0.05) is 48.0 Å². The molecule has 5 rings (SSSR count). The fraction of sp³-hybridized carbons (Fsp3) is 0.240. The molecule has 12 nitrogen and oxygen atoms in total. The maximum Gasteiger partial charge on any atom is 0.412 e. The highest BCUT2D eigenvalue weighted by Crippen LogP contribution is 2.44. The summed E-state index contributed by atoms with van der Waals surface area (Å²) >= 11 is 6.12. The van der Waals surface area contributed by atoms with E-state index in [1.54, 1.807) is 60.7 Å². The van der Waals surface area contributed by atoms with E-state index in [1.807, 2.05) is 0 Å². The van der Waals surface area contributed by atoms with E-state index in [4.69, 9.17) is 31.5 Å². The predicted molar refractivity (Wildman–Crippen MR) is 140 cm³/mol. The molecule has 0 saturated carbocycles. The average molecular weight is 556 g/mol. The van der Waals surface area contributed by atoms with Crippen LogP contribution in [0.2, 0.25) is 5.15 Å².